The molecule has 3 N–H and O–H groups in total. The summed E-state index contributed by atoms with van der Waals surface area (Å²) in [6, 6.07) is -1.14. The first-order valence-corrected chi connectivity index (χ1v) is 15.6. The molecule has 9 heteroatoms. The summed E-state index contributed by atoms with van der Waals surface area (Å²) >= 11 is 0. The van der Waals surface area contributed by atoms with Crippen LogP contribution in [0.3, 0.4) is 0 Å². The number of allylic oxidation sites excluding steroid dienone is 6. The van der Waals surface area contributed by atoms with Crippen molar-refractivity contribution in [3.63, 3.8) is 0 Å². The zero-order valence-electron chi connectivity index (χ0n) is 27.1. The first kappa shape index (κ1) is 35.7. The standard InChI is InChI=1S/C33H56N4O5/c1-9-23(4)30(36(6)33(40)29(34)22(2)3)27(41-7)21-28(38)37-20-14-17-26(37)31(42-8)24(5)32(39)35-19-18-25-15-12-10-11-13-16-25/h10-13,15-16,22-27,29-31H,9,14,17-21,34H2,1-8H3,(H,35,39)/t23?,24?,26?,27?,29-,30-,31?/m0/s1. The third-order valence-corrected chi connectivity index (χ3v) is 9.09. The summed E-state index contributed by atoms with van der Waals surface area (Å²) in [5.74, 6) is -0.329. The zero-order valence-corrected chi connectivity index (χ0v) is 27.1. The molecule has 238 valence electrons. The summed E-state index contributed by atoms with van der Waals surface area (Å²) in [4.78, 5) is 43.7. The normalized spacial score (nSPS) is 21.5. The van der Waals surface area contributed by atoms with Gasteiger partial charge in [0.25, 0.3) is 0 Å². The van der Waals surface area contributed by atoms with Crippen molar-refractivity contribution in [3.05, 3.63) is 36.5 Å². The molecule has 2 aliphatic rings. The first-order chi connectivity index (χ1) is 20.0. The largest absolute Gasteiger partial charge is 0.379 e. The van der Waals surface area contributed by atoms with Crippen molar-refractivity contribution in [2.45, 2.75) is 97.1 Å². The third-order valence-electron chi connectivity index (χ3n) is 9.09. The van der Waals surface area contributed by atoms with Gasteiger partial charge < -0.3 is 30.3 Å². The molecule has 7 atom stereocenters. The molecule has 0 saturated carbocycles. The molecule has 0 spiro atoms. The Kier molecular flexibility index (Phi) is 14.9. The maximum atomic E-state index is 13.8. The van der Waals surface area contributed by atoms with E-state index in [4.69, 9.17) is 15.2 Å². The molecule has 0 radical (unpaired) electrons. The SMILES string of the molecule is CCC(C)[C@@H](C(CC(=O)N1CCCC1C(OC)C(C)C(=O)NCCC1C=CC=CC=C1)OC)N(C)C(=O)[C@@H](N)C(C)C. The van der Waals surface area contributed by atoms with Crippen molar-refractivity contribution in [3.8, 4) is 0 Å². The number of hydrogen-bond donors (Lipinski definition) is 2. The lowest BCUT2D eigenvalue weighted by atomic mass is 9.89. The zero-order chi connectivity index (χ0) is 31.4. The molecule has 0 aromatic rings. The summed E-state index contributed by atoms with van der Waals surface area (Å²) in [5, 5.41) is 3.07. The molecule has 3 amide bonds. The maximum absolute atomic E-state index is 13.8. The lowest BCUT2D eigenvalue weighted by Gasteiger charge is -2.40. The fourth-order valence-electron chi connectivity index (χ4n) is 6.15. The number of hydrogen-bond acceptors (Lipinski definition) is 6. The highest BCUT2D eigenvalue weighted by atomic mass is 16.5. The molecule has 9 nitrogen and oxygen atoms in total. The molecule has 0 aromatic heterocycles. The summed E-state index contributed by atoms with van der Waals surface area (Å²) < 4.78 is 11.8. The number of likely N-dealkylation sites (N-methyl/N-ethyl adjacent to an activating group) is 1. The van der Waals surface area contributed by atoms with Gasteiger partial charge in [-0.25, -0.2) is 0 Å². The molecule has 1 fully saturated rings. The number of rotatable bonds is 16. The Labute approximate surface area is 253 Å². The number of amides is 3. The van der Waals surface area contributed by atoms with E-state index in [-0.39, 0.29) is 54.0 Å². The summed E-state index contributed by atoms with van der Waals surface area (Å²) in [5.41, 5.74) is 6.21. The van der Waals surface area contributed by atoms with Gasteiger partial charge in [0, 0.05) is 34.4 Å². The Bertz CT molecular complexity index is 948. The molecule has 1 saturated heterocycles. The second kappa shape index (κ2) is 17.6. The van der Waals surface area contributed by atoms with Crippen LogP contribution in [0.15, 0.2) is 36.5 Å². The van der Waals surface area contributed by atoms with E-state index >= 15 is 0 Å². The minimum absolute atomic E-state index is 0.00142. The maximum Gasteiger partial charge on any atom is 0.239 e. The average Bonchev–Trinajstić information content (AvgIpc) is 3.31. The fraction of sp³-hybridized carbons (Fsp3) is 0.727. The van der Waals surface area contributed by atoms with Crippen LogP contribution in [0.1, 0.15) is 66.7 Å². The van der Waals surface area contributed by atoms with Crippen molar-refractivity contribution in [2.75, 3.05) is 34.4 Å². The van der Waals surface area contributed by atoms with Crippen LogP contribution in [0.4, 0.5) is 0 Å². The Morgan fingerprint density at radius 3 is 2.24 bits per heavy atom. The predicted molar refractivity (Wildman–Crippen MR) is 167 cm³/mol. The van der Waals surface area contributed by atoms with Crippen molar-refractivity contribution in [1.82, 2.24) is 15.1 Å². The van der Waals surface area contributed by atoms with Gasteiger partial charge >= 0.3 is 0 Å². The van der Waals surface area contributed by atoms with Crippen molar-refractivity contribution in [1.29, 1.82) is 0 Å². The van der Waals surface area contributed by atoms with Crippen molar-refractivity contribution in [2.24, 2.45) is 29.4 Å². The van der Waals surface area contributed by atoms with Crippen LogP contribution in [-0.2, 0) is 23.9 Å². The highest BCUT2D eigenvalue weighted by Gasteiger charge is 2.42. The second-order valence-electron chi connectivity index (χ2n) is 12.3. The van der Waals surface area contributed by atoms with E-state index in [9.17, 15) is 14.4 Å². The van der Waals surface area contributed by atoms with Gasteiger partial charge in [-0.1, -0.05) is 77.5 Å². The number of carbonyl (C=O) groups excluding carboxylic acids is 3. The van der Waals surface area contributed by atoms with E-state index in [2.05, 4.69) is 31.3 Å². The van der Waals surface area contributed by atoms with Gasteiger partial charge in [-0.2, -0.15) is 0 Å². The fourth-order valence-corrected chi connectivity index (χ4v) is 6.15. The number of ether oxygens (including phenoxy) is 2. The molecule has 1 heterocycles. The summed E-state index contributed by atoms with van der Waals surface area (Å²) in [7, 11) is 4.97. The quantitative estimate of drug-likeness (QED) is 0.284. The van der Waals surface area contributed by atoms with E-state index in [1.807, 2.05) is 50.0 Å². The van der Waals surface area contributed by atoms with Crippen LogP contribution in [0.25, 0.3) is 0 Å². The van der Waals surface area contributed by atoms with Crippen LogP contribution in [0.2, 0.25) is 0 Å². The molecule has 42 heavy (non-hydrogen) atoms. The van der Waals surface area contributed by atoms with Crippen LogP contribution in [0, 0.1) is 23.7 Å². The van der Waals surface area contributed by atoms with Crippen LogP contribution in [-0.4, -0.2) is 92.2 Å². The number of nitrogens with zero attached hydrogens (tertiary/aromatic N) is 2. The van der Waals surface area contributed by atoms with E-state index in [1.54, 1.807) is 26.2 Å². The van der Waals surface area contributed by atoms with Crippen molar-refractivity contribution < 1.29 is 23.9 Å². The van der Waals surface area contributed by atoms with Crippen LogP contribution < -0.4 is 11.1 Å². The third kappa shape index (κ3) is 9.51. The van der Waals surface area contributed by atoms with Gasteiger partial charge in [-0.3, -0.25) is 14.4 Å². The molecular formula is C33H56N4O5. The van der Waals surface area contributed by atoms with E-state index in [1.165, 1.54) is 0 Å². The van der Waals surface area contributed by atoms with Gasteiger partial charge in [0.1, 0.15) is 0 Å². The molecule has 0 bridgehead atoms. The molecule has 1 aliphatic heterocycles. The van der Waals surface area contributed by atoms with Gasteiger partial charge in [0.15, 0.2) is 0 Å². The van der Waals surface area contributed by atoms with Gasteiger partial charge in [0.05, 0.1) is 42.7 Å². The lowest BCUT2D eigenvalue weighted by molar-refractivity contribution is -0.146. The Hall–Kier alpha value is -2.49. The topological polar surface area (TPSA) is 114 Å². The molecular weight excluding hydrogens is 532 g/mol. The average molecular weight is 589 g/mol. The van der Waals surface area contributed by atoms with Crippen LogP contribution >= 0.6 is 0 Å². The van der Waals surface area contributed by atoms with Gasteiger partial charge in [-0.15, -0.1) is 0 Å². The molecule has 5 unspecified atom stereocenters. The highest BCUT2D eigenvalue weighted by molar-refractivity contribution is 5.82. The number of carbonyl (C=O) groups is 3. The smallest absolute Gasteiger partial charge is 0.239 e. The van der Waals surface area contributed by atoms with E-state index in [0.717, 1.165) is 25.7 Å². The lowest BCUT2D eigenvalue weighted by Crippen LogP contribution is -2.56. The monoisotopic (exact) mass is 588 g/mol. The minimum Gasteiger partial charge on any atom is -0.379 e. The summed E-state index contributed by atoms with van der Waals surface area (Å²) in [6.07, 6.45) is 14.7. The summed E-state index contributed by atoms with van der Waals surface area (Å²) in [6.45, 7) is 11.0. The predicted octanol–water partition coefficient (Wildman–Crippen LogP) is 3.69. The van der Waals surface area contributed by atoms with E-state index < -0.39 is 24.2 Å². The Balaban J connectivity index is 2.10. The number of likely N-dealkylation sites (tertiary alicyclic amines) is 1. The number of methoxy groups -OCH3 is 2. The second-order valence-corrected chi connectivity index (χ2v) is 12.3. The minimum atomic E-state index is -0.620. The van der Waals surface area contributed by atoms with Gasteiger partial charge in [0.2, 0.25) is 17.7 Å². The number of nitrogens with one attached hydrogen (secondary N) is 1. The van der Waals surface area contributed by atoms with Crippen molar-refractivity contribution >= 4 is 17.7 Å². The molecule has 0 aromatic carbocycles. The Morgan fingerprint density at radius 2 is 1.69 bits per heavy atom. The highest BCUT2D eigenvalue weighted by Crippen LogP contribution is 2.29. The number of nitrogens with two attached hydrogens (primary N) is 1. The first-order valence-electron chi connectivity index (χ1n) is 15.6. The van der Waals surface area contributed by atoms with Gasteiger partial charge in [-0.05, 0) is 37.0 Å². The molecule has 2 rings (SSSR count). The van der Waals surface area contributed by atoms with Crippen LogP contribution in [0.5, 0.6) is 0 Å². The molecule has 1 aliphatic carbocycles. The van der Waals surface area contributed by atoms with E-state index in [0.29, 0.717) is 13.1 Å². The Morgan fingerprint density at radius 1 is 1.05 bits per heavy atom.